The normalized spacial score (nSPS) is 12.2. The molecule has 1 aromatic rings. The van der Waals surface area contributed by atoms with E-state index in [2.05, 4.69) is 5.43 Å². The number of nitrogens with one attached hydrogen (secondary N) is 1. The Kier molecular flexibility index (Phi) is 5.66. The van der Waals surface area contributed by atoms with Crippen molar-refractivity contribution in [3.05, 3.63) is 34.9 Å². The average Bonchev–Trinajstić information content (AvgIpc) is 2.28. The highest BCUT2D eigenvalue weighted by Gasteiger charge is 2.08. The minimum atomic E-state index is -0.129. The van der Waals surface area contributed by atoms with Gasteiger partial charge in [0.15, 0.2) is 0 Å². The molecule has 3 nitrogen and oxygen atoms in total. The topological polar surface area (TPSA) is 55.1 Å². The smallest absolute Gasteiger partial charge is 0.234 e. The second-order valence-corrected chi connectivity index (χ2v) is 5.38. The van der Waals surface area contributed by atoms with Crippen LogP contribution in [-0.2, 0) is 10.5 Å². The van der Waals surface area contributed by atoms with E-state index in [-0.39, 0.29) is 11.2 Å². The molecule has 0 heterocycles. The van der Waals surface area contributed by atoms with Crippen LogP contribution in [0.2, 0.25) is 5.02 Å². The van der Waals surface area contributed by atoms with E-state index >= 15 is 0 Å². The molecule has 0 aromatic heterocycles. The lowest BCUT2D eigenvalue weighted by atomic mass is 10.2. The van der Waals surface area contributed by atoms with Gasteiger partial charge in [-0.25, -0.2) is 5.84 Å². The van der Waals surface area contributed by atoms with Gasteiger partial charge >= 0.3 is 0 Å². The van der Waals surface area contributed by atoms with Crippen molar-refractivity contribution in [2.75, 3.05) is 0 Å². The predicted octanol–water partition coefficient (Wildman–Crippen LogP) is 2.34. The van der Waals surface area contributed by atoms with Gasteiger partial charge in [0.25, 0.3) is 0 Å². The number of hydrogen-bond acceptors (Lipinski definition) is 3. The van der Waals surface area contributed by atoms with Gasteiger partial charge in [-0.15, -0.1) is 0 Å². The fraction of sp³-hybridized carbons (Fsp3) is 0.364. The fourth-order valence-electron chi connectivity index (χ4n) is 1.20. The van der Waals surface area contributed by atoms with Crippen LogP contribution in [-0.4, -0.2) is 11.2 Å². The van der Waals surface area contributed by atoms with Gasteiger partial charge in [-0.05, 0) is 17.7 Å². The third-order valence-corrected chi connectivity index (χ3v) is 3.57. The van der Waals surface area contributed by atoms with Gasteiger partial charge in [-0.3, -0.25) is 10.2 Å². The van der Waals surface area contributed by atoms with Crippen LogP contribution in [0.15, 0.2) is 24.3 Å². The van der Waals surface area contributed by atoms with Gasteiger partial charge in [-0.2, -0.15) is 11.8 Å². The Labute approximate surface area is 105 Å². The van der Waals surface area contributed by atoms with Crippen LogP contribution in [0.4, 0.5) is 0 Å². The highest BCUT2D eigenvalue weighted by atomic mass is 35.5. The molecule has 0 aliphatic heterocycles. The van der Waals surface area contributed by atoms with Crippen LogP contribution < -0.4 is 11.3 Å². The fourth-order valence-corrected chi connectivity index (χ4v) is 2.26. The molecule has 5 heteroatoms. The number of hydrazine groups is 1. The molecule has 1 rings (SSSR count). The van der Waals surface area contributed by atoms with Crippen LogP contribution in [0.25, 0.3) is 0 Å². The summed E-state index contributed by atoms with van der Waals surface area (Å²) in [4.78, 5) is 11.0. The maximum absolute atomic E-state index is 11.0. The van der Waals surface area contributed by atoms with Crippen LogP contribution >= 0.6 is 23.4 Å². The Morgan fingerprint density at radius 1 is 1.50 bits per heavy atom. The summed E-state index contributed by atoms with van der Waals surface area (Å²) in [6, 6.07) is 7.72. The first-order valence-corrected chi connectivity index (χ1v) is 6.40. The van der Waals surface area contributed by atoms with E-state index in [4.69, 9.17) is 17.4 Å². The molecule has 0 fully saturated rings. The van der Waals surface area contributed by atoms with E-state index in [1.54, 1.807) is 11.8 Å². The molecule has 1 atom stereocenters. The van der Waals surface area contributed by atoms with E-state index in [1.807, 2.05) is 31.2 Å². The Morgan fingerprint density at radius 2 is 2.12 bits per heavy atom. The van der Waals surface area contributed by atoms with E-state index in [9.17, 15) is 4.79 Å². The lowest BCUT2D eigenvalue weighted by Crippen LogP contribution is -2.31. The summed E-state index contributed by atoms with van der Waals surface area (Å²) in [6.45, 7) is 2.01. The van der Waals surface area contributed by atoms with Gasteiger partial charge in [0.2, 0.25) is 5.91 Å². The highest BCUT2D eigenvalue weighted by Crippen LogP contribution is 2.20. The van der Waals surface area contributed by atoms with Crippen molar-refractivity contribution >= 4 is 29.3 Å². The standard InChI is InChI=1S/C11H15ClN2OS/c1-8(6-11(15)14-13)16-7-9-2-4-10(12)5-3-9/h2-5,8H,6-7,13H2,1H3,(H,14,15). The molecule has 0 saturated heterocycles. The number of carbonyl (C=O) groups is 1. The first-order chi connectivity index (χ1) is 7.61. The average molecular weight is 259 g/mol. The summed E-state index contributed by atoms with van der Waals surface area (Å²) in [5.41, 5.74) is 3.33. The lowest BCUT2D eigenvalue weighted by molar-refractivity contribution is -0.121. The summed E-state index contributed by atoms with van der Waals surface area (Å²) in [5.74, 6) is 5.76. The zero-order valence-corrected chi connectivity index (χ0v) is 10.6. The second kappa shape index (κ2) is 6.78. The number of thioether (sulfide) groups is 1. The Balaban J connectivity index is 2.34. The maximum Gasteiger partial charge on any atom is 0.234 e. The first-order valence-electron chi connectivity index (χ1n) is 4.97. The van der Waals surface area contributed by atoms with Gasteiger partial charge in [0.1, 0.15) is 0 Å². The van der Waals surface area contributed by atoms with Crippen molar-refractivity contribution < 1.29 is 4.79 Å². The Hall–Kier alpha value is -0.710. The van der Waals surface area contributed by atoms with Crippen molar-refractivity contribution in [2.24, 2.45) is 5.84 Å². The largest absolute Gasteiger partial charge is 0.294 e. The Bertz CT molecular complexity index is 342. The van der Waals surface area contributed by atoms with E-state index < -0.39 is 0 Å². The molecule has 1 unspecified atom stereocenters. The number of halogens is 1. The molecule has 0 aliphatic rings. The number of nitrogens with two attached hydrogens (primary N) is 1. The summed E-state index contributed by atoms with van der Waals surface area (Å²) in [5, 5.41) is 0.989. The minimum absolute atomic E-state index is 0.129. The molecule has 0 aliphatic carbocycles. The predicted molar refractivity (Wildman–Crippen MR) is 69.2 cm³/mol. The third-order valence-electron chi connectivity index (χ3n) is 2.08. The summed E-state index contributed by atoms with van der Waals surface area (Å²) < 4.78 is 0. The molecular formula is C11H15ClN2OS. The monoisotopic (exact) mass is 258 g/mol. The Morgan fingerprint density at radius 3 is 2.69 bits per heavy atom. The van der Waals surface area contributed by atoms with E-state index in [1.165, 1.54) is 5.56 Å². The van der Waals surface area contributed by atoms with Gasteiger partial charge in [0.05, 0.1) is 0 Å². The molecule has 88 valence electrons. The van der Waals surface area contributed by atoms with Crippen molar-refractivity contribution in [1.29, 1.82) is 0 Å². The first kappa shape index (κ1) is 13.4. The zero-order chi connectivity index (χ0) is 12.0. The maximum atomic E-state index is 11.0. The number of hydrogen-bond donors (Lipinski definition) is 2. The summed E-state index contributed by atoms with van der Waals surface area (Å²) >= 11 is 7.51. The molecular weight excluding hydrogens is 244 g/mol. The van der Waals surface area contributed by atoms with Gasteiger partial charge < -0.3 is 0 Å². The number of rotatable bonds is 5. The van der Waals surface area contributed by atoms with Gasteiger partial charge in [0, 0.05) is 22.4 Å². The zero-order valence-electron chi connectivity index (χ0n) is 9.07. The number of carbonyl (C=O) groups excluding carboxylic acids is 1. The molecule has 0 saturated carbocycles. The molecule has 3 N–H and O–H groups in total. The van der Waals surface area contributed by atoms with E-state index in [0.29, 0.717) is 6.42 Å². The lowest BCUT2D eigenvalue weighted by Gasteiger charge is -2.09. The van der Waals surface area contributed by atoms with Crippen molar-refractivity contribution in [3.8, 4) is 0 Å². The molecule has 0 spiro atoms. The quantitative estimate of drug-likeness (QED) is 0.484. The van der Waals surface area contributed by atoms with Crippen LogP contribution in [0.5, 0.6) is 0 Å². The van der Waals surface area contributed by atoms with Crippen LogP contribution in [0, 0.1) is 0 Å². The van der Waals surface area contributed by atoms with Gasteiger partial charge in [-0.1, -0.05) is 30.7 Å². The summed E-state index contributed by atoms with van der Waals surface area (Å²) in [7, 11) is 0. The SMILES string of the molecule is CC(CC(=O)NN)SCc1ccc(Cl)cc1. The van der Waals surface area contributed by atoms with Crippen molar-refractivity contribution in [3.63, 3.8) is 0 Å². The highest BCUT2D eigenvalue weighted by molar-refractivity contribution is 7.99. The van der Waals surface area contributed by atoms with Crippen molar-refractivity contribution in [2.45, 2.75) is 24.3 Å². The minimum Gasteiger partial charge on any atom is -0.294 e. The third kappa shape index (κ3) is 4.88. The van der Waals surface area contributed by atoms with Crippen molar-refractivity contribution in [1.82, 2.24) is 5.43 Å². The summed E-state index contributed by atoms with van der Waals surface area (Å²) in [6.07, 6.45) is 0.439. The molecule has 0 bridgehead atoms. The van der Waals surface area contributed by atoms with Crippen LogP contribution in [0.1, 0.15) is 18.9 Å². The number of amides is 1. The second-order valence-electron chi connectivity index (χ2n) is 3.52. The molecule has 1 aromatic carbocycles. The molecule has 0 radical (unpaired) electrons. The molecule has 1 amide bonds. The number of benzene rings is 1. The van der Waals surface area contributed by atoms with Crippen LogP contribution in [0.3, 0.4) is 0 Å². The van der Waals surface area contributed by atoms with E-state index in [0.717, 1.165) is 10.8 Å². The molecule has 16 heavy (non-hydrogen) atoms.